The van der Waals surface area contributed by atoms with E-state index in [-0.39, 0.29) is 19.8 Å². The smallest absolute Gasteiger partial charge is 0.445 e. The summed E-state index contributed by atoms with van der Waals surface area (Å²) in [5, 5.41) is 11.8. The van der Waals surface area contributed by atoms with Crippen molar-refractivity contribution in [2.45, 2.75) is 12.7 Å². The van der Waals surface area contributed by atoms with E-state index in [0.29, 0.717) is 0 Å². The molecule has 1 atom stereocenters. The SMILES string of the molecule is COC(=O)OCC(O)CNC(=O)OCc1ccccc1. The Morgan fingerprint density at radius 1 is 1.25 bits per heavy atom. The van der Waals surface area contributed by atoms with E-state index in [1.165, 1.54) is 0 Å². The van der Waals surface area contributed by atoms with Crippen molar-refractivity contribution in [1.29, 1.82) is 0 Å². The molecule has 1 amide bonds. The minimum Gasteiger partial charge on any atom is -0.445 e. The Kier molecular flexibility index (Phi) is 6.91. The Morgan fingerprint density at radius 2 is 1.95 bits per heavy atom. The zero-order valence-corrected chi connectivity index (χ0v) is 11.1. The molecule has 0 radical (unpaired) electrons. The van der Waals surface area contributed by atoms with Gasteiger partial charge in [-0.15, -0.1) is 0 Å². The number of hydrogen-bond acceptors (Lipinski definition) is 6. The molecule has 0 heterocycles. The predicted octanol–water partition coefficient (Wildman–Crippen LogP) is 1.06. The van der Waals surface area contributed by atoms with Crippen molar-refractivity contribution in [1.82, 2.24) is 5.32 Å². The fourth-order valence-corrected chi connectivity index (χ4v) is 1.26. The van der Waals surface area contributed by atoms with Gasteiger partial charge in [0.2, 0.25) is 0 Å². The Morgan fingerprint density at radius 3 is 2.60 bits per heavy atom. The second-order valence-electron chi connectivity index (χ2n) is 3.86. The van der Waals surface area contributed by atoms with E-state index < -0.39 is 18.4 Å². The van der Waals surface area contributed by atoms with Crippen LogP contribution in [0.1, 0.15) is 5.56 Å². The van der Waals surface area contributed by atoms with Crippen molar-refractivity contribution in [2.75, 3.05) is 20.3 Å². The normalized spacial score (nSPS) is 11.3. The monoisotopic (exact) mass is 283 g/mol. The summed E-state index contributed by atoms with van der Waals surface area (Å²) in [5.41, 5.74) is 0.859. The first kappa shape index (κ1) is 15.8. The molecule has 1 aromatic rings. The second kappa shape index (κ2) is 8.76. The van der Waals surface area contributed by atoms with Crippen LogP contribution in [0.2, 0.25) is 0 Å². The number of hydrogen-bond donors (Lipinski definition) is 2. The Hall–Kier alpha value is -2.28. The van der Waals surface area contributed by atoms with Gasteiger partial charge in [-0.05, 0) is 5.56 Å². The Bertz CT molecular complexity index is 422. The number of nitrogens with one attached hydrogen (secondary N) is 1. The highest BCUT2D eigenvalue weighted by molar-refractivity contribution is 5.67. The molecule has 1 unspecified atom stereocenters. The summed E-state index contributed by atoms with van der Waals surface area (Å²) < 4.78 is 13.7. The van der Waals surface area contributed by atoms with Crippen LogP contribution in [0.5, 0.6) is 0 Å². The molecule has 0 aromatic heterocycles. The standard InChI is InChI=1S/C13H17NO6/c1-18-13(17)20-9-11(15)7-14-12(16)19-8-10-5-3-2-4-6-10/h2-6,11,15H,7-9H2,1H3,(H,14,16). The minimum atomic E-state index is -1.03. The van der Waals surface area contributed by atoms with Gasteiger partial charge < -0.3 is 24.6 Å². The van der Waals surface area contributed by atoms with Crippen molar-refractivity contribution in [2.24, 2.45) is 0 Å². The van der Waals surface area contributed by atoms with E-state index in [0.717, 1.165) is 12.7 Å². The van der Waals surface area contributed by atoms with Gasteiger partial charge >= 0.3 is 12.2 Å². The summed E-state index contributed by atoms with van der Waals surface area (Å²) >= 11 is 0. The topological polar surface area (TPSA) is 94.1 Å². The van der Waals surface area contributed by atoms with Crippen molar-refractivity contribution < 1.29 is 28.9 Å². The first-order valence-corrected chi connectivity index (χ1v) is 5.95. The fourth-order valence-electron chi connectivity index (χ4n) is 1.26. The van der Waals surface area contributed by atoms with E-state index in [1.807, 2.05) is 30.3 Å². The molecular formula is C13H17NO6. The third-order valence-corrected chi connectivity index (χ3v) is 2.26. The van der Waals surface area contributed by atoms with Crippen LogP contribution in [0.15, 0.2) is 30.3 Å². The van der Waals surface area contributed by atoms with Crippen molar-refractivity contribution in [3.8, 4) is 0 Å². The van der Waals surface area contributed by atoms with Crippen LogP contribution in [0.3, 0.4) is 0 Å². The zero-order chi connectivity index (χ0) is 14.8. The average molecular weight is 283 g/mol. The lowest BCUT2D eigenvalue weighted by Crippen LogP contribution is -2.35. The summed E-state index contributed by atoms with van der Waals surface area (Å²) in [6.45, 7) is -0.225. The first-order chi connectivity index (χ1) is 9.61. The highest BCUT2D eigenvalue weighted by atomic mass is 16.7. The molecule has 1 rings (SSSR count). The minimum absolute atomic E-state index is 0.0926. The van der Waals surface area contributed by atoms with Crippen LogP contribution in [-0.4, -0.2) is 43.7 Å². The molecule has 1 aromatic carbocycles. The number of aliphatic hydroxyl groups excluding tert-OH is 1. The van der Waals surface area contributed by atoms with Gasteiger partial charge in [-0.2, -0.15) is 0 Å². The largest absolute Gasteiger partial charge is 0.508 e. The van der Waals surface area contributed by atoms with E-state index in [4.69, 9.17) is 4.74 Å². The van der Waals surface area contributed by atoms with Gasteiger partial charge in [-0.25, -0.2) is 9.59 Å². The molecule has 0 fully saturated rings. The number of methoxy groups -OCH3 is 1. The van der Waals surface area contributed by atoms with E-state index in [1.54, 1.807) is 0 Å². The van der Waals surface area contributed by atoms with Gasteiger partial charge in [0.15, 0.2) is 0 Å². The summed E-state index contributed by atoms with van der Waals surface area (Å²) in [5.74, 6) is 0. The van der Waals surface area contributed by atoms with Crippen molar-refractivity contribution in [3.05, 3.63) is 35.9 Å². The van der Waals surface area contributed by atoms with E-state index in [2.05, 4.69) is 14.8 Å². The lowest BCUT2D eigenvalue weighted by molar-refractivity contribution is 0.0291. The lowest BCUT2D eigenvalue weighted by atomic mass is 10.2. The quantitative estimate of drug-likeness (QED) is 0.758. The number of aliphatic hydroxyl groups is 1. The molecule has 0 saturated carbocycles. The number of amides is 1. The van der Waals surface area contributed by atoms with Crippen LogP contribution < -0.4 is 5.32 Å². The molecule has 0 aliphatic rings. The van der Waals surface area contributed by atoms with E-state index in [9.17, 15) is 14.7 Å². The molecule has 7 nitrogen and oxygen atoms in total. The van der Waals surface area contributed by atoms with Gasteiger partial charge in [0.05, 0.1) is 13.7 Å². The highest BCUT2D eigenvalue weighted by Gasteiger charge is 2.11. The molecule has 2 N–H and O–H groups in total. The lowest BCUT2D eigenvalue weighted by Gasteiger charge is -2.12. The molecule has 0 bridgehead atoms. The van der Waals surface area contributed by atoms with Gasteiger partial charge in [0.1, 0.15) is 19.3 Å². The summed E-state index contributed by atoms with van der Waals surface area (Å²) in [7, 11) is 1.16. The molecule has 0 saturated heterocycles. The fraction of sp³-hybridized carbons (Fsp3) is 0.385. The molecule has 0 aliphatic carbocycles. The highest BCUT2D eigenvalue weighted by Crippen LogP contribution is 2.00. The van der Waals surface area contributed by atoms with E-state index >= 15 is 0 Å². The van der Waals surface area contributed by atoms with Crippen LogP contribution in [0.25, 0.3) is 0 Å². The molecule has 7 heteroatoms. The van der Waals surface area contributed by atoms with Crippen LogP contribution in [0.4, 0.5) is 9.59 Å². The number of alkyl carbamates (subject to hydrolysis) is 1. The van der Waals surface area contributed by atoms with Gasteiger partial charge in [-0.1, -0.05) is 30.3 Å². The molecule has 20 heavy (non-hydrogen) atoms. The van der Waals surface area contributed by atoms with Crippen LogP contribution >= 0.6 is 0 Å². The zero-order valence-electron chi connectivity index (χ0n) is 11.1. The summed E-state index contributed by atoms with van der Waals surface area (Å²) in [6.07, 6.45) is -2.58. The van der Waals surface area contributed by atoms with Gasteiger partial charge in [-0.3, -0.25) is 0 Å². The number of benzene rings is 1. The van der Waals surface area contributed by atoms with Gasteiger partial charge in [0, 0.05) is 0 Å². The predicted molar refractivity (Wildman–Crippen MR) is 69.0 cm³/mol. The third kappa shape index (κ3) is 6.60. The number of carbonyl (C=O) groups is 2. The Labute approximate surface area is 116 Å². The molecular weight excluding hydrogens is 266 g/mol. The maximum absolute atomic E-state index is 11.3. The molecule has 110 valence electrons. The van der Waals surface area contributed by atoms with Crippen LogP contribution in [0, 0.1) is 0 Å². The summed E-state index contributed by atoms with van der Waals surface area (Å²) in [4.78, 5) is 22.0. The number of carbonyl (C=O) groups excluding carboxylic acids is 2. The maximum Gasteiger partial charge on any atom is 0.508 e. The maximum atomic E-state index is 11.3. The average Bonchev–Trinajstić information content (AvgIpc) is 2.49. The second-order valence-corrected chi connectivity index (χ2v) is 3.86. The molecule has 0 aliphatic heterocycles. The van der Waals surface area contributed by atoms with Crippen molar-refractivity contribution >= 4 is 12.2 Å². The summed E-state index contributed by atoms with van der Waals surface area (Å²) in [6, 6.07) is 9.19. The van der Waals surface area contributed by atoms with Gasteiger partial charge in [0.25, 0.3) is 0 Å². The molecule has 0 spiro atoms. The first-order valence-electron chi connectivity index (χ1n) is 5.95. The third-order valence-electron chi connectivity index (χ3n) is 2.26. The van der Waals surface area contributed by atoms with Crippen LogP contribution in [-0.2, 0) is 20.8 Å². The number of rotatable bonds is 6. The van der Waals surface area contributed by atoms with Crippen molar-refractivity contribution in [3.63, 3.8) is 0 Å². The Balaban J connectivity index is 2.15. The number of ether oxygens (including phenoxy) is 3.